The van der Waals surface area contributed by atoms with E-state index in [4.69, 9.17) is 0 Å². The second kappa shape index (κ2) is 3.58. The van der Waals surface area contributed by atoms with E-state index in [9.17, 15) is 5.11 Å². The molecule has 1 heterocycles. The van der Waals surface area contributed by atoms with Crippen LogP contribution in [0.4, 0.5) is 0 Å². The van der Waals surface area contributed by atoms with Crippen molar-refractivity contribution in [1.29, 1.82) is 0 Å². The van der Waals surface area contributed by atoms with Crippen molar-refractivity contribution in [3.8, 4) is 5.75 Å². The number of hydrogen-bond acceptors (Lipinski definition) is 2. The van der Waals surface area contributed by atoms with Gasteiger partial charge in [-0.15, -0.1) is 0 Å². The minimum absolute atomic E-state index is 0.276. The molecule has 0 bridgehead atoms. The number of halogens is 1. The van der Waals surface area contributed by atoms with Crippen LogP contribution in [0.25, 0.3) is 10.9 Å². The number of benzene rings is 1. The first-order valence-electron chi connectivity index (χ1n) is 4.49. The average Bonchev–Trinajstić information content (AvgIpc) is 2.17. The molecule has 3 heteroatoms. The molecule has 1 N–H and O–H groups in total. The lowest BCUT2D eigenvalue weighted by molar-refractivity contribution is 0.466. The molecular weight excluding hydrogens is 242 g/mol. The number of pyridine rings is 1. The minimum Gasteiger partial charge on any atom is -0.506 e. The van der Waals surface area contributed by atoms with Crippen molar-refractivity contribution >= 4 is 26.8 Å². The van der Waals surface area contributed by atoms with Gasteiger partial charge in [0.1, 0.15) is 5.75 Å². The lowest BCUT2D eigenvalue weighted by atomic mass is 10.1. The van der Waals surface area contributed by atoms with E-state index in [1.165, 1.54) is 0 Å². The van der Waals surface area contributed by atoms with Crippen LogP contribution in [0.3, 0.4) is 0 Å². The first kappa shape index (κ1) is 9.46. The maximum atomic E-state index is 9.62. The molecular formula is C11H10BrNO. The zero-order valence-corrected chi connectivity index (χ0v) is 9.37. The summed E-state index contributed by atoms with van der Waals surface area (Å²) in [6.45, 7) is 1.98. The van der Waals surface area contributed by atoms with Gasteiger partial charge in [0.15, 0.2) is 0 Å². The lowest BCUT2D eigenvalue weighted by Gasteiger charge is -2.04. The van der Waals surface area contributed by atoms with Gasteiger partial charge in [0.25, 0.3) is 0 Å². The summed E-state index contributed by atoms with van der Waals surface area (Å²) >= 11 is 3.44. The monoisotopic (exact) mass is 251 g/mol. The predicted molar refractivity (Wildman–Crippen MR) is 60.5 cm³/mol. The first-order valence-corrected chi connectivity index (χ1v) is 5.28. The highest BCUT2D eigenvalue weighted by Gasteiger charge is 2.05. The van der Waals surface area contributed by atoms with Crippen LogP contribution in [-0.4, -0.2) is 10.1 Å². The standard InChI is InChI=1S/C11H10BrNO/c1-2-9-10(14)6-7-4-3-5-8(12)11(7)13-9/h3-6,14H,2H2,1H3. The molecule has 2 aromatic rings. The van der Waals surface area contributed by atoms with Crippen molar-refractivity contribution in [1.82, 2.24) is 4.98 Å². The number of para-hydroxylation sites is 1. The van der Waals surface area contributed by atoms with Gasteiger partial charge in [0.05, 0.1) is 11.2 Å². The summed E-state index contributed by atoms with van der Waals surface area (Å²) in [5.74, 6) is 0.276. The van der Waals surface area contributed by atoms with Crippen LogP contribution >= 0.6 is 15.9 Å². The van der Waals surface area contributed by atoms with Gasteiger partial charge in [-0.3, -0.25) is 0 Å². The Morgan fingerprint density at radius 3 is 2.93 bits per heavy atom. The number of fused-ring (bicyclic) bond motifs is 1. The van der Waals surface area contributed by atoms with Gasteiger partial charge in [-0.1, -0.05) is 19.1 Å². The minimum atomic E-state index is 0.276. The van der Waals surface area contributed by atoms with E-state index in [0.717, 1.165) is 27.5 Å². The van der Waals surface area contributed by atoms with Crippen LogP contribution in [0, 0.1) is 0 Å². The molecule has 1 aromatic heterocycles. The van der Waals surface area contributed by atoms with Crippen LogP contribution in [0.2, 0.25) is 0 Å². The van der Waals surface area contributed by atoms with Gasteiger partial charge in [0.2, 0.25) is 0 Å². The molecule has 2 rings (SSSR count). The van der Waals surface area contributed by atoms with Gasteiger partial charge in [-0.25, -0.2) is 4.98 Å². The molecule has 0 aliphatic heterocycles. The summed E-state index contributed by atoms with van der Waals surface area (Å²) in [6, 6.07) is 7.57. The first-order chi connectivity index (χ1) is 6.72. The van der Waals surface area contributed by atoms with Crippen molar-refractivity contribution in [2.24, 2.45) is 0 Å². The number of aromatic hydroxyl groups is 1. The summed E-state index contributed by atoms with van der Waals surface area (Å²) in [6.07, 6.45) is 0.739. The second-order valence-corrected chi connectivity index (χ2v) is 3.97. The van der Waals surface area contributed by atoms with E-state index in [1.54, 1.807) is 6.07 Å². The summed E-state index contributed by atoms with van der Waals surface area (Å²) in [5, 5.41) is 10.6. The third-order valence-corrected chi connectivity index (χ3v) is 2.83. The molecule has 72 valence electrons. The maximum Gasteiger partial charge on any atom is 0.137 e. The molecule has 0 saturated heterocycles. The van der Waals surface area contributed by atoms with Crippen molar-refractivity contribution in [2.45, 2.75) is 13.3 Å². The van der Waals surface area contributed by atoms with Gasteiger partial charge in [-0.2, -0.15) is 0 Å². The highest BCUT2D eigenvalue weighted by Crippen LogP contribution is 2.27. The van der Waals surface area contributed by atoms with E-state index in [0.29, 0.717) is 0 Å². The molecule has 0 aliphatic carbocycles. The number of aryl methyl sites for hydroxylation is 1. The van der Waals surface area contributed by atoms with Crippen LogP contribution in [0.5, 0.6) is 5.75 Å². The third-order valence-electron chi connectivity index (χ3n) is 2.19. The molecule has 0 saturated carbocycles. The smallest absolute Gasteiger partial charge is 0.137 e. The Balaban J connectivity index is 2.80. The quantitative estimate of drug-likeness (QED) is 0.844. The Hall–Kier alpha value is -1.09. The second-order valence-electron chi connectivity index (χ2n) is 3.12. The highest BCUT2D eigenvalue weighted by molar-refractivity contribution is 9.10. The highest BCUT2D eigenvalue weighted by atomic mass is 79.9. The van der Waals surface area contributed by atoms with Gasteiger partial charge in [-0.05, 0) is 34.5 Å². The lowest BCUT2D eigenvalue weighted by Crippen LogP contribution is -1.89. The van der Waals surface area contributed by atoms with E-state index in [-0.39, 0.29) is 5.75 Å². The van der Waals surface area contributed by atoms with Crippen LogP contribution in [0.1, 0.15) is 12.6 Å². The van der Waals surface area contributed by atoms with Gasteiger partial charge < -0.3 is 5.11 Å². The molecule has 0 unspecified atom stereocenters. The summed E-state index contributed by atoms with van der Waals surface area (Å²) in [4.78, 5) is 4.40. The molecule has 14 heavy (non-hydrogen) atoms. The van der Waals surface area contributed by atoms with Crippen molar-refractivity contribution in [3.63, 3.8) is 0 Å². The third kappa shape index (κ3) is 1.48. The topological polar surface area (TPSA) is 33.1 Å². The fraction of sp³-hybridized carbons (Fsp3) is 0.182. The van der Waals surface area contributed by atoms with E-state index in [2.05, 4.69) is 20.9 Å². The summed E-state index contributed by atoms with van der Waals surface area (Å²) in [7, 11) is 0. The SMILES string of the molecule is CCc1nc2c(Br)cccc2cc1O. The number of hydrogen-bond donors (Lipinski definition) is 1. The van der Waals surface area contributed by atoms with Gasteiger partial charge in [0, 0.05) is 9.86 Å². The Kier molecular flexibility index (Phi) is 2.42. The molecule has 2 nitrogen and oxygen atoms in total. The summed E-state index contributed by atoms with van der Waals surface area (Å²) in [5.41, 5.74) is 1.64. The van der Waals surface area contributed by atoms with E-state index >= 15 is 0 Å². The normalized spacial score (nSPS) is 10.7. The fourth-order valence-corrected chi connectivity index (χ4v) is 1.92. The predicted octanol–water partition coefficient (Wildman–Crippen LogP) is 3.27. The van der Waals surface area contributed by atoms with Crippen molar-refractivity contribution in [3.05, 3.63) is 34.4 Å². The largest absolute Gasteiger partial charge is 0.506 e. The van der Waals surface area contributed by atoms with Crippen molar-refractivity contribution < 1.29 is 5.11 Å². The van der Waals surface area contributed by atoms with Crippen LogP contribution in [0.15, 0.2) is 28.7 Å². The van der Waals surface area contributed by atoms with Gasteiger partial charge >= 0.3 is 0 Å². The molecule has 0 aliphatic rings. The molecule has 0 spiro atoms. The molecule has 1 aromatic carbocycles. The number of rotatable bonds is 1. The fourth-order valence-electron chi connectivity index (χ4n) is 1.45. The van der Waals surface area contributed by atoms with Crippen LogP contribution < -0.4 is 0 Å². The molecule has 0 atom stereocenters. The Bertz CT molecular complexity index is 482. The molecule has 0 fully saturated rings. The average molecular weight is 252 g/mol. The Morgan fingerprint density at radius 2 is 2.21 bits per heavy atom. The Labute approximate surface area is 90.7 Å². The van der Waals surface area contributed by atoms with Crippen molar-refractivity contribution in [2.75, 3.05) is 0 Å². The summed E-state index contributed by atoms with van der Waals surface area (Å²) < 4.78 is 0.963. The van der Waals surface area contributed by atoms with E-state index < -0.39 is 0 Å². The van der Waals surface area contributed by atoms with Crippen LogP contribution in [-0.2, 0) is 6.42 Å². The number of nitrogens with zero attached hydrogens (tertiary/aromatic N) is 1. The number of aromatic nitrogens is 1. The molecule has 0 radical (unpaired) electrons. The molecule has 0 amide bonds. The maximum absolute atomic E-state index is 9.62. The zero-order chi connectivity index (χ0) is 10.1. The Morgan fingerprint density at radius 1 is 1.43 bits per heavy atom. The van der Waals surface area contributed by atoms with E-state index in [1.807, 2.05) is 25.1 Å². The zero-order valence-electron chi connectivity index (χ0n) is 7.79.